The van der Waals surface area contributed by atoms with Crippen LogP contribution in [0.3, 0.4) is 0 Å². The minimum Gasteiger partial charge on any atom is -0.507 e. The van der Waals surface area contributed by atoms with Crippen LogP contribution in [0, 0.1) is 10.1 Å². The van der Waals surface area contributed by atoms with Crippen LogP contribution < -0.4 is 14.4 Å². The van der Waals surface area contributed by atoms with Gasteiger partial charge < -0.3 is 19.5 Å². The summed E-state index contributed by atoms with van der Waals surface area (Å²) in [5, 5.41) is 21.4. The molecule has 0 atom stereocenters. The van der Waals surface area contributed by atoms with Crippen molar-refractivity contribution in [1.29, 1.82) is 0 Å². The molecule has 154 valence electrons. The Morgan fingerprint density at radius 3 is 2.48 bits per heavy atom. The second-order valence-electron chi connectivity index (χ2n) is 6.89. The monoisotopic (exact) mass is 422 g/mol. The molecule has 2 heterocycles. The van der Waals surface area contributed by atoms with Gasteiger partial charge in [0.25, 0.3) is 5.69 Å². The molecule has 2 aliphatic heterocycles. The second-order valence-corrected chi connectivity index (χ2v) is 8.80. The van der Waals surface area contributed by atoms with Crippen LogP contribution in [0.1, 0.15) is 5.56 Å². The molecule has 0 saturated carbocycles. The number of aromatic hydroxyl groups is 1. The van der Waals surface area contributed by atoms with Crippen molar-refractivity contribution in [1.82, 2.24) is 4.31 Å². The number of nitro groups is 1. The maximum Gasteiger partial charge on any atom is 0.289 e. The third-order valence-electron chi connectivity index (χ3n) is 5.12. The van der Waals surface area contributed by atoms with Gasteiger partial charge in [-0.3, -0.25) is 10.1 Å². The molecule has 1 saturated heterocycles. The minimum absolute atomic E-state index is 0.108. The largest absolute Gasteiger partial charge is 0.507 e. The number of para-hydroxylation sites is 1. The van der Waals surface area contributed by atoms with Crippen molar-refractivity contribution >= 4 is 15.7 Å². The van der Waals surface area contributed by atoms with Gasteiger partial charge in [0.2, 0.25) is 16.8 Å². The fraction of sp³-hybridized carbons (Fsp3) is 0.333. The number of phenols is 1. The molecule has 2 aromatic carbocycles. The molecule has 4 rings (SSSR count). The van der Waals surface area contributed by atoms with E-state index in [1.807, 2.05) is 0 Å². The molecule has 0 aliphatic carbocycles. The van der Waals surface area contributed by atoms with Gasteiger partial charge >= 0.3 is 0 Å². The number of sulfonamides is 1. The third-order valence-corrected chi connectivity index (χ3v) is 7.07. The van der Waals surface area contributed by atoms with Crippen molar-refractivity contribution in [3.8, 4) is 17.2 Å². The summed E-state index contributed by atoms with van der Waals surface area (Å²) in [4.78, 5) is 11.3. The van der Waals surface area contributed by atoms with E-state index in [4.69, 9.17) is 9.47 Å². The van der Waals surface area contributed by atoms with Crippen LogP contribution >= 0.6 is 0 Å². The average Bonchev–Trinajstić information content (AvgIpc) is 3.15. The Morgan fingerprint density at radius 1 is 1.14 bits per heavy atom. The molecule has 1 fully saturated rings. The highest BCUT2D eigenvalue weighted by atomic mass is 32.2. The Balaban J connectivity index is 1.45. The van der Waals surface area contributed by atoms with Crippen LogP contribution in [0.15, 0.2) is 41.3 Å². The number of ether oxygens (including phenoxy) is 2. The standard InChI is InChI=1S/C18H19N3O7S/c22-15-10-17-16(27-12-28-17)9-13(15)11-19-5-7-20(8-6-19)29(25,26)18-4-2-1-3-14(18)21(23)24/h1-4,9-10,22H,5-8,11-12H2/p+1. The molecule has 0 amide bonds. The summed E-state index contributed by atoms with van der Waals surface area (Å²) in [6, 6.07) is 8.63. The Kier molecular flexibility index (Phi) is 5.03. The maximum atomic E-state index is 12.9. The quantitative estimate of drug-likeness (QED) is 0.518. The van der Waals surface area contributed by atoms with Crippen LogP contribution in [0.5, 0.6) is 17.2 Å². The first-order chi connectivity index (χ1) is 13.9. The molecule has 0 radical (unpaired) electrons. The number of hydrogen-bond donors (Lipinski definition) is 2. The Labute approximate surface area is 167 Å². The first kappa shape index (κ1) is 19.4. The summed E-state index contributed by atoms with van der Waals surface area (Å²) in [5.41, 5.74) is 0.270. The Morgan fingerprint density at radius 2 is 1.79 bits per heavy atom. The number of hydrogen-bond acceptors (Lipinski definition) is 7. The molecular weight excluding hydrogens is 402 g/mol. The first-order valence-electron chi connectivity index (χ1n) is 9.05. The zero-order valence-electron chi connectivity index (χ0n) is 15.4. The van der Waals surface area contributed by atoms with Gasteiger partial charge in [0.1, 0.15) is 12.3 Å². The van der Waals surface area contributed by atoms with E-state index in [0.29, 0.717) is 36.7 Å². The summed E-state index contributed by atoms with van der Waals surface area (Å²) < 4.78 is 37.7. The molecular formula is C18H20N3O7S+. The van der Waals surface area contributed by atoms with E-state index in [1.54, 1.807) is 6.07 Å². The van der Waals surface area contributed by atoms with E-state index in [0.717, 1.165) is 4.90 Å². The smallest absolute Gasteiger partial charge is 0.289 e. The molecule has 0 aromatic heterocycles. The SMILES string of the molecule is O=[N+]([O-])c1ccccc1S(=O)(=O)N1CC[NH+](Cc2cc3c(cc2O)OCO3)CC1. The van der Waals surface area contributed by atoms with Crippen molar-refractivity contribution < 1.29 is 32.8 Å². The van der Waals surface area contributed by atoms with Crippen LogP contribution in [-0.2, 0) is 16.6 Å². The van der Waals surface area contributed by atoms with Gasteiger partial charge in [-0.05, 0) is 12.1 Å². The predicted molar refractivity (Wildman–Crippen MR) is 100 cm³/mol. The summed E-state index contributed by atoms with van der Waals surface area (Å²) >= 11 is 0. The highest BCUT2D eigenvalue weighted by Crippen LogP contribution is 2.37. The number of rotatable bonds is 5. The number of benzene rings is 2. The fourth-order valence-corrected chi connectivity index (χ4v) is 5.17. The molecule has 2 N–H and O–H groups in total. The summed E-state index contributed by atoms with van der Waals surface area (Å²) in [7, 11) is -3.96. The highest BCUT2D eigenvalue weighted by Gasteiger charge is 2.35. The van der Waals surface area contributed by atoms with E-state index < -0.39 is 20.6 Å². The molecule has 0 unspecified atom stereocenters. The molecule has 2 aromatic rings. The van der Waals surface area contributed by atoms with Crippen molar-refractivity contribution in [3.63, 3.8) is 0 Å². The fourth-order valence-electron chi connectivity index (χ4n) is 3.57. The van der Waals surface area contributed by atoms with Crippen molar-refractivity contribution in [2.75, 3.05) is 33.0 Å². The van der Waals surface area contributed by atoms with E-state index in [-0.39, 0.29) is 30.5 Å². The number of piperazine rings is 1. The molecule has 2 aliphatic rings. The number of nitrogens with one attached hydrogen (secondary N) is 1. The van der Waals surface area contributed by atoms with E-state index in [2.05, 4.69) is 0 Å². The zero-order chi connectivity index (χ0) is 20.6. The Bertz CT molecular complexity index is 1050. The van der Waals surface area contributed by atoms with Gasteiger partial charge in [0, 0.05) is 12.1 Å². The normalized spacial score (nSPS) is 17.4. The predicted octanol–water partition coefficient (Wildman–Crippen LogP) is 0.119. The first-order valence-corrected chi connectivity index (χ1v) is 10.5. The number of fused-ring (bicyclic) bond motifs is 1. The lowest BCUT2D eigenvalue weighted by Gasteiger charge is -2.31. The molecule has 11 heteroatoms. The maximum absolute atomic E-state index is 12.9. The number of nitro benzene ring substituents is 1. The topological polar surface area (TPSA) is 124 Å². The number of phenolic OH excluding ortho intramolecular Hbond substituents is 1. The van der Waals surface area contributed by atoms with Gasteiger partial charge in [-0.2, -0.15) is 4.31 Å². The highest BCUT2D eigenvalue weighted by molar-refractivity contribution is 7.89. The molecule has 0 bridgehead atoms. The van der Waals surface area contributed by atoms with Crippen LogP contribution in [0.2, 0.25) is 0 Å². The van der Waals surface area contributed by atoms with Gasteiger partial charge in [-0.15, -0.1) is 0 Å². The van der Waals surface area contributed by atoms with Crippen LogP contribution in [0.4, 0.5) is 5.69 Å². The lowest BCUT2D eigenvalue weighted by Crippen LogP contribution is -3.13. The summed E-state index contributed by atoms with van der Waals surface area (Å²) in [6.07, 6.45) is 0. The lowest BCUT2D eigenvalue weighted by molar-refractivity contribution is -0.917. The second kappa shape index (κ2) is 7.50. The third kappa shape index (κ3) is 3.71. The minimum atomic E-state index is -3.96. The lowest BCUT2D eigenvalue weighted by atomic mass is 10.1. The van der Waals surface area contributed by atoms with Crippen molar-refractivity contribution in [2.45, 2.75) is 11.4 Å². The van der Waals surface area contributed by atoms with Gasteiger partial charge in [-0.1, -0.05) is 12.1 Å². The van der Waals surface area contributed by atoms with E-state index in [1.165, 1.54) is 34.6 Å². The number of quaternary nitrogens is 1. The number of nitrogens with zero attached hydrogens (tertiary/aromatic N) is 2. The summed E-state index contributed by atoms with van der Waals surface area (Å²) in [6.45, 7) is 2.10. The Hall–Kier alpha value is -2.89. The van der Waals surface area contributed by atoms with Crippen molar-refractivity contribution in [2.24, 2.45) is 0 Å². The van der Waals surface area contributed by atoms with Crippen molar-refractivity contribution in [3.05, 3.63) is 52.1 Å². The van der Waals surface area contributed by atoms with E-state index >= 15 is 0 Å². The van der Waals surface area contributed by atoms with E-state index in [9.17, 15) is 23.6 Å². The van der Waals surface area contributed by atoms with Gasteiger partial charge in [-0.25, -0.2) is 8.42 Å². The van der Waals surface area contributed by atoms with Crippen LogP contribution in [0.25, 0.3) is 0 Å². The zero-order valence-corrected chi connectivity index (χ0v) is 16.2. The van der Waals surface area contributed by atoms with Gasteiger partial charge in [0.15, 0.2) is 16.4 Å². The van der Waals surface area contributed by atoms with Gasteiger partial charge in [0.05, 0.1) is 36.7 Å². The molecule has 10 nitrogen and oxygen atoms in total. The summed E-state index contributed by atoms with van der Waals surface area (Å²) in [5.74, 6) is 1.19. The van der Waals surface area contributed by atoms with Crippen LogP contribution in [-0.4, -0.2) is 55.7 Å². The molecule has 0 spiro atoms. The molecule has 29 heavy (non-hydrogen) atoms. The average molecular weight is 422 g/mol.